The predicted molar refractivity (Wildman–Crippen MR) is 286 cm³/mol. The minimum absolute atomic E-state index is 0.229. The summed E-state index contributed by atoms with van der Waals surface area (Å²) in [5, 5.41) is 120. The molecule has 3 aliphatic rings. The molecule has 17 atom stereocenters. The summed E-state index contributed by atoms with van der Waals surface area (Å²) in [6.07, 6.45) is 16.3. The van der Waals surface area contributed by atoms with Gasteiger partial charge in [0.05, 0.1) is 38.6 Å². The van der Waals surface area contributed by atoms with Crippen LogP contribution in [0.4, 0.5) is 0 Å². The number of aliphatic hydroxyl groups is 11. The fourth-order valence-corrected chi connectivity index (χ4v) is 9.81. The van der Waals surface area contributed by atoms with Gasteiger partial charge in [-0.25, -0.2) is 0 Å². The van der Waals surface area contributed by atoms with Gasteiger partial charge < -0.3 is 89.9 Å². The number of carbonyl (C=O) groups is 1. The van der Waals surface area contributed by atoms with Crippen LogP contribution in [0.25, 0.3) is 0 Å². The van der Waals surface area contributed by atoms with E-state index in [0.29, 0.717) is 12.8 Å². The third kappa shape index (κ3) is 25.2. The molecule has 3 rings (SSSR count). The van der Waals surface area contributed by atoms with Crippen LogP contribution >= 0.6 is 0 Å². The monoisotopic (exact) mass is 1090 g/mol. The summed E-state index contributed by atoms with van der Waals surface area (Å²) in [5.74, 6) is -0.301. The van der Waals surface area contributed by atoms with E-state index in [1.807, 2.05) is 6.08 Å². The number of amides is 1. The van der Waals surface area contributed by atoms with Crippen molar-refractivity contribution in [3.63, 3.8) is 0 Å². The summed E-state index contributed by atoms with van der Waals surface area (Å²) >= 11 is 0. The van der Waals surface area contributed by atoms with Crippen LogP contribution in [-0.4, -0.2) is 193 Å². The molecule has 19 heteroatoms. The summed E-state index contributed by atoms with van der Waals surface area (Å²) in [6, 6.07) is -0.990. The highest BCUT2D eigenvalue weighted by Gasteiger charge is 2.53. The van der Waals surface area contributed by atoms with E-state index in [-0.39, 0.29) is 18.9 Å². The third-order valence-electron chi connectivity index (χ3n) is 14.7. The normalized spacial score (nSPS) is 31.2. The van der Waals surface area contributed by atoms with Gasteiger partial charge in [-0.3, -0.25) is 4.79 Å². The quantitative estimate of drug-likeness (QED) is 0.0295. The summed E-state index contributed by atoms with van der Waals surface area (Å²) < 4.78 is 34.1. The molecule has 3 aliphatic heterocycles. The van der Waals surface area contributed by atoms with E-state index in [2.05, 4.69) is 43.5 Å². The van der Waals surface area contributed by atoms with Gasteiger partial charge in [-0.15, -0.1) is 0 Å². The zero-order chi connectivity index (χ0) is 55.5. The Hall–Kier alpha value is -1.99. The molecule has 0 aliphatic carbocycles. The van der Waals surface area contributed by atoms with Crippen molar-refractivity contribution in [2.45, 2.75) is 291 Å². The van der Waals surface area contributed by atoms with E-state index < -0.39 is 124 Å². The van der Waals surface area contributed by atoms with Crippen LogP contribution in [0.1, 0.15) is 187 Å². The second-order valence-electron chi connectivity index (χ2n) is 21.1. The molecule has 12 N–H and O–H groups in total. The summed E-state index contributed by atoms with van der Waals surface area (Å²) in [5.41, 5.74) is 0. The number of carbonyl (C=O) groups excluding carboxylic acids is 1. The van der Waals surface area contributed by atoms with Gasteiger partial charge in [-0.05, 0) is 44.9 Å². The molecule has 1 amide bonds. The standard InChI is InChI=1S/C57H103NO18/c1-3-5-7-9-11-12-13-14-15-16-17-18-19-20-21-22-23-24-25-26-27-28-29-30-32-34-41(62)40(58-45(63)35-33-31-10-8-6-4-2)39-71-55-51(69)48(66)53(43(37-60)73-55)76-57-52(70)49(67)54(44(38-61)74-57)75-56-50(68)47(65)46(64)42(36-59)72-56/h23-24,27-28,32,34,40-44,46-57,59-62,64-70H,3-22,25-26,29-31,33,35-39H2,1-2H3,(H,58,63)/b24-23+,28-27+,34-32+. The lowest BCUT2D eigenvalue weighted by Crippen LogP contribution is -2.66. The second-order valence-corrected chi connectivity index (χ2v) is 21.1. The molecule has 3 fully saturated rings. The Morgan fingerprint density at radius 2 is 0.842 bits per heavy atom. The first-order valence-corrected chi connectivity index (χ1v) is 29.2. The SMILES string of the molecule is CCCCCCCCCCCCCCCCC/C=C/CC/C=C/CC/C=C/C(O)C(COC1OC(CO)C(OC2OC(CO)C(OC3OC(CO)C(O)C(O)C3O)C(O)C2O)C(O)C1O)NC(=O)CCCCCCCC. The zero-order valence-electron chi connectivity index (χ0n) is 46.0. The van der Waals surface area contributed by atoms with Crippen LogP contribution in [0, 0.1) is 0 Å². The smallest absolute Gasteiger partial charge is 0.220 e. The summed E-state index contributed by atoms with van der Waals surface area (Å²) in [6.45, 7) is 1.60. The number of allylic oxidation sites excluding steroid dienone is 5. The highest BCUT2D eigenvalue weighted by atomic mass is 16.8. The van der Waals surface area contributed by atoms with Crippen LogP contribution in [0.15, 0.2) is 36.5 Å². The lowest BCUT2D eigenvalue weighted by atomic mass is 9.96. The van der Waals surface area contributed by atoms with Crippen molar-refractivity contribution >= 4 is 5.91 Å². The number of rotatable bonds is 42. The van der Waals surface area contributed by atoms with E-state index in [4.69, 9.17) is 28.4 Å². The Bertz CT molecular complexity index is 1540. The van der Waals surface area contributed by atoms with Crippen molar-refractivity contribution in [3.8, 4) is 0 Å². The molecule has 0 aromatic carbocycles. The molecule has 3 heterocycles. The molecular weight excluding hydrogens is 987 g/mol. The highest BCUT2D eigenvalue weighted by molar-refractivity contribution is 5.76. The van der Waals surface area contributed by atoms with Crippen molar-refractivity contribution in [1.82, 2.24) is 5.32 Å². The molecule has 0 radical (unpaired) electrons. The molecule has 76 heavy (non-hydrogen) atoms. The van der Waals surface area contributed by atoms with Crippen LogP contribution in [0.2, 0.25) is 0 Å². The first kappa shape index (κ1) is 68.3. The molecular formula is C57H103NO18. The first-order chi connectivity index (χ1) is 36.8. The van der Waals surface area contributed by atoms with E-state index in [9.17, 15) is 61.0 Å². The lowest BCUT2D eigenvalue weighted by Gasteiger charge is -2.48. The van der Waals surface area contributed by atoms with E-state index >= 15 is 0 Å². The van der Waals surface area contributed by atoms with Gasteiger partial charge >= 0.3 is 0 Å². The summed E-state index contributed by atoms with van der Waals surface area (Å²) in [4.78, 5) is 13.1. The first-order valence-electron chi connectivity index (χ1n) is 29.2. The maximum Gasteiger partial charge on any atom is 0.220 e. The van der Waals surface area contributed by atoms with E-state index in [1.54, 1.807) is 6.08 Å². The van der Waals surface area contributed by atoms with Gasteiger partial charge in [0.25, 0.3) is 0 Å². The van der Waals surface area contributed by atoms with Gasteiger partial charge in [0.2, 0.25) is 5.91 Å². The molecule has 0 aromatic heterocycles. The summed E-state index contributed by atoms with van der Waals surface area (Å²) in [7, 11) is 0. The van der Waals surface area contributed by atoms with Crippen molar-refractivity contribution < 1.29 is 89.4 Å². The van der Waals surface area contributed by atoms with Crippen molar-refractivity contribution in [3.05, 3.63) is 36.5 Å². The van der Waals surface area contributed by atoms with Gasteiger partial charge in [0, 0.05) is 6.42 Å². The Morgan fingerprint density at radius 1 is 0.461 bits per heavy atom. The fraction of sp³-hybridized carbons (Fsp3) is 0.877. The third-order valence-corrected chi connectivity index (χ3v) is 14.7. The fourth-order valence-electron chi connectivity index (χ4n) is 9.81. The minimum atomic E-state index is -1.98. The molecule has 17 unspecified atom stereocenters. The van der Waals surface area contributed by atoms with E-state index in [1.165, 1.54) is 96.3 Å². The van der Waals surface area contributed by atoms with Gasteiger partial charge in [-0.2, -0.15) is 0 Å². The lowest BCUT2D eigenvalue weighted by molar-refractivity contribution is -0.379. The maximum atomic E-state index is 13.1. The molecule has 0 spiro atoms. The van der Waals surface area contributed by atoms with Crippen LogP contribution in [0.5, 0.6) is 0 Å². The van der Waals surface area contributed by atoms with Crippen molar-refractivity contribution in [1.29, 1.82) is 0 Å². The largest absolute Gasteiger partial charge is 0.394 e. The molecule has 19 nitrogen and oxygen atoms in total. The van der Waals surface area contributed by atoms with Gasteiger partial charge in [0.15, 0.2) is 18.9 Å². The van der Waals surface area contributed by atoms with Crippen LogP contribution < -0.4 is 5.32 Å². The number of aliphatic hydroxyl groups excluding tert-OH is 11. The topological polar surface area (TPSA) is 307 Å². The molecule has 0 bridgehead atoms. The Morgan fingerprint density at radius 3 is 1.32 bits per heavy atom. The van der Waals surface area contributed by atoms with Crippen molar-refractivity contribution in [2.75, 3.05) is 26.4 Å². The minimum Gasteiger partial charge on any atom is -0.394 e. The maximum absolute atomic E-state index is 13.1. The molecule has 3 saturated heterocycles. The molecule has 0 aromatic rings. The van der Waals surface area contributed by atoms with Gasteiger partial charge in [0.1, 0.15) is 73.2 Å². The number of hydrogen-bond acceptors (Lipinski definition) is 18. The number of hydrogen-bond donors (Lipinski definition) is 12. The van der Waals surface area contributed by atoms with Crippen molar-refractivity contribution in [2.24, 2.45) is 0 Å². The van der Waals surface area contributed by atoms with Crippen LogP contribution in [-0.2, 0) is 33.2 Å². The molecule has 444 valence electrons. The number of unbranched alkanes of at least 4 members (excludes halogenated alkanes) is 22. The number of ether oxygens (including phenoxy) is 6. The average Bonchev–Trinajstić information content (AvgIpc) is 3.42. The van der Waals surface area contributed by atoms with Crippen LogP contribution in [0.3, 0.4) is 0 Å². The average molecular weight is 1090 g/mol. The van der Waals surface area contributed by atoms with Gasteiger partial charge in [-0.1, -0.05) is 172 Å². The van der Waals surface area contributed by atoms with E-state index in [0.717, 1.165) is 57.8 Å². The highest BCUT2D eigenvalue weighted by Crippen LogP contribution is 2.33. The molecule has 0 saturated carbocycles. The number of nitrogens with one attached hydrogen (secondary N) is 1. The second kappa shape index (κ2) is 41.1. The predicted octanol–water partition coefficient (Wildman–Crippen LogP) is 4.54. The zero-order valence-corrected chi connectivity index (χ0v) is 46.0. The Balaban J connectivity index is 1.45. The Kier molecular flexibility index (Phi) is 36.9. The Labute approximate surface area is 453 Å².